The third-order valence-corrected chi connectivity index (χ3v) is 6.36. The van der Waals surface area contributed by atoms with Crippen LogP contribution in [-0.4, -0.2) is 23.3 Å². The molecular weight excluding hydrogens is 424 g/mol. The molecule has 3 aromatic carbocycles. The van der Waals surface area contributed by atoms with E-state index in [1.807, 2.05) is 73.7 Å². The van der Waals surface area contributed by atoms with Gasteiger partial charge in [0.05, 0.1) is 12.0 Å². The number of ether oxygens (including phenoxy) is 1. The van der Waals surface area contributed by atoms with Crippen LogP contribution in [0.1, 0.15) is 51.3 Å². The highest BCUT2D eigenvalue weighted by atomic mass is 16.5. The van der Waals surface area contributed by atoms with Crippen molar-refractivity contribution in [1.82, 2.24) is 4.90 Å². The smallest absolute Gasteiger partial charge is 0.229 e. The van der Waals surface area contributed by atoms with Gasteiger partial charge in [0.2, 0.25) is 11.8 Å². The van der Waals surface area contributed by atoms with Crippen LogP contribution in [0.4, 0.5) is 5.69 Å². The van der Waals surface area contributed by atoms with E-state index in [4.69, 9.17) is 4.74 Å². The number of benzene rings is 3. The molecule has 0 unspecified atom stereocenters. The lowest BCUT2D eigenvalue weighted by Crippen LogP contribution is -2.30. The van der Waals surface area contributed by atoms with Crippen LogP contribution >= 0.6 is 0 Å². The maximum absolute atomic E-state index is 12.8. The minimum Gasteiger partial charge on any atom is -0.457 e. The molecule has 2 atom stereocenters. The highest BCUT2D eigenvalue weighted by Gasteiger charge is 2.37. The summed E-state index contributed by atoms with van der Waals surface area (Å²) in [7, 11) is 0. The average Bonchev–Trinajstić information content (AvgIpc) is 3.22. The normalized spacial score (nSPS) is 16.9. The predicted octanol–water partition coefficient (Wildman–Crippen LogP) is 6.32. The van der Waals surface area contributed by atoms with Gasteiger partial charge in [-0.3, -0.25) is 9.59 Å². The topological polar surface area (TPSA) is 58.6 Å². The van der Waals surface area contributed by atoms with Gasteiger partial charge in [0.25, 0.3) is 0 Å². The van der Waals surface area contributed by atoms with Gasteiger partial charge in [-0.2, -0.15) is 0 Å². The summed E-state index contributed by atoms with van der Waals surface area (Å²) in [5.41, 5.74) is 3.10. The molecule has 1 aliphatic heterocycles. The zero-order valence-corrected chi connectivity index (χ0v) is 20.2. The number of nitrogens with zero attached hydrogens (tertiary/aromatic N) is 1. The van der Waals surface area contributed by atoms with Crippen LogP contribution in [0.25, 0.3) is 0 Å². The van der Waals surface area contributed by atoms with Crippen LogP contribution in [0.5, 0.6) is 11.5 Å². The van der Waals surface area contributed by atoms with Crippen molar-refractivity contribution in [2.75, 3.05) is 11.9 Å². The maximum Gasteiger partial charge on any atom is 0.229 e. The van der Waals surface area contributed by atoms with E-state index in [9.17, 15) is 9.59 Å². The number of anilines is 1. The number of amides is 2. The van der Waals surface area contributed by atoms with Crippen molar-refractivity contribution in [3.05, 3.63) is 90.0 Å². The van der Waals surface area contributed by atoms with E-state index >= 15 is 0 Å². The Morgan fingerprint density at radius 3 is 2.12 bits per heavy atom. The van der Waals surface area contributed by atoms with Gasteiger partial charge in [0, 0.05) is 18.7 Å². The number of rotatable bonds is 6. The molecule has 1 N–H and O–H groups in total. The highest BCUT2D eigenvalue weighted by molar-refractivity contribution is 5.97. The van der Waals surface area contributed by atoms with E-state index in [0.29, 0.717) is 18.0 Å². The number of hydrogen-bond donors (Lipinski definition) is 1. The largest absolute Gasteiger partial charge is 0.457 e. The van der Waals surface area contributed by atoms with Crippen LogP contribution in [0.15, 0.2) is 78.9 Å². The summed E-state index contributed by atoms with van der Waals surface area (Å²) in [6.45, 7) is 8.96. The molecule has 5 heteroatoms. The lowest BCUT2D eigenvalue weighted by atomic mass is 9.87. The number of carbonyl (C=O) groups is 2. The zero-order chi connectivity index (χ0) is 24.3. The summed E-state index contributed by atoms with van der Waals surface area (Å²) >= 11 is 0. The summed E-state index contributed by atoms with van der Waals surface area (Å²) in [6, 6.07) is 25.2. The number of likely N-dealkylation sites (tertiary alicyclic amines) is 1. The van der Waals surface area contributed by atoms with Crippen molar-refractivity contribution < 1.29 is 14.3 Å². The van der Waals surface area contributed by atoms with Gasteiger partial charge in [-0.05, 0) is 59.9 Å². The number of carbonyl (C=O) groups excluding carboxylic acids is 2. The van der Waals surface area contributed by atoms with E-state index < -0.39 is 0 Å². The number of nitrogens with one attached hydrogen (secondary N) is 1. The molecule has 2 amide bonds. The van der Waals surface area contributed by atoms with Crippen LogP contribution in [-0.2, 0) is 15.0 Å². The first-order chi connectivity index (χ1) is 16.2. The summed E-state index contributed by atoms with van der Waals surface area (Å²) in [4.78, 5) is 27.2. The molecule has 34 heavy (non-hydrogen) atoms. The van der Waals surface area contributed by atoms with Crippen molar-refractivity contribution in [1.29, 1.82) is 0 Å². The van der Waals surface area contributed by atoms with Gasteiger partial charge in [-0.25, -0.2) is 0 Å². The SMILES string of the molecule is C[C@@H](c1ccccc1)N1C[C@H](C(=O)Nc2ccc(Oc3ccc(C(C)(C)C)cc3)cc2)CC1=O. The summed E-state index contributed by atoms with van der Waals surface area (Å²) in [5, 5.41) is 2.95. The quantitative estimate of drug-likeness (QED) is 0.472. The molecule has 1 aliphatic rings. The minimum atomic E-state index is -0.365. The second-order valence-corrected chi connectivity index (χ2v) is 9.92. The average molecular weight is 457 g/mol. The van der Waals surface area contributed by atoms with E-state index in [1.165, 1.54) is 5.56 Å². The van der Waals surface area contributed by atoms with Gasteiger partial charge >= 0.3 is 0 Å². The van der Waals surface area contributed by atoms with E-state index in [0.717, 1.165) is 11.3 Å². The predicted molar refractivity (Wildman–Crippen MR) is 135 cm³/mol. The Kier molecular flexibility index (Phi) is 6.73. The zero-order valence-electron chi connectivity index (χ0n) is 20.2. The fourth-order valence-corrected chi connectivity index (χ4v) is 4.20. The van der Waals surface area contributed by atoms with Gasteiger partial charge in [-0.1, -0.05) is 63.2 Å². The van der Waals surface area contributed by atoms with E-state index in [2.05, 4.69) is 38.2 Å². The Hall–Kier alpha value is -3.60. The van der Waals surface area contributed by atoms with E-state index in [-0.39, 0.29) is 35.6 Å². The molecule has 4 rings (SSSR count). The van der Waals surface area contributed by atoms with Crippen LogP contribution in [0.2, 0.25) is 0 Å². The Labute approximate surface area is 201 Å². The molecule has 0 aliphatic carbocycles. The molecule has 1 saturated heterocycles. The standard InChI is InChI=1S/C29H32N2O3/c1-20(21-8-6-5-7-9-21)31-19-22(18-27(31)32)28(33)30-24-12-16-26(17-13-24)34-25-14-10-23(11-15-25)29(2,3)4/h5-17,20,22H,18-19H2,1-4H3,(H,30,33)/t20-,22+/m0/s1. The molecule has 1 heterocycles. The van der Waals surface area contributed by atoms with Crippen molar-refractivity contribution in [3.63, 3.8) is 0 Å². The fourth-order valence-electron chi connectivity index (χ4n) is 4.20. The molecule has 0 saturated carbocycles. The molecule has 0 bridgehead atoms. The minimum absolute atomic E-state index is 0.0118. The monoisotopic (exact) mass is 456 g/mol. The van der Waals surface area contributed by atoms with Gasteiger partial charge in [0.15, 0.2) is 0 Å². The van der Waals surface area contributed by atoms with Crippen molar-refractivity contribution in [3.8, 4) is 11.5 Å². The van der Waals surface area contributed by atoms with Crippen molar-refractivity contribution >= 4 is 17.5 Å². The second-order valence-electron chi connectivity index (χ2n) is 9.92. The highest BCUT2D eigenvalue weighted by Crippen LogP contribution is 2.30. The number of hydrogen-bond acceptors (Lipinski definition) is 3. The summed E-state index contributed by atoms with van der Waals surface area (Å²) in [6.07, 6.45) is 0.231. The first kappa shape index (κ1) is 23.6. The first-order valence-electron chi connectivity index (χ1n) is 11.7. The summed E-state index contributed by atoms with van der Waals surface area (Å²) in [5.74, 6) is 0.971. The Morgan fingerprint density at radius 2 is 1.53 bits per heavy atom. The lowest BCUT2D eigenvalue weighted by molar-refractivity contribution is -0.129. The Balaban J connectivity index is 1.33. The summed E-state index contributed by atoms with van der Waals surface area (Å²) < 4.78 is 5.94. The molecule has 0 aromatic heterocycles. The molecular formula is C29H32N2O3. The Bertz CT molecular complexity index is 1130. The molecule has 0 spiro atoms. The van der Waals surface area contributed by atoms with Gasteiger partial charge in [0.1, 0.15) is 11.5 Å². The molecule has 1 fully saturated rings. The fraction of sp³-hybridized carbons (Fsp3) is 0.310. The second kappa shape index (κ2) is 9.72. The van der Waals surface area contributed by atoms with Gasteiger partial charge in [-0.15, -0.1) is 0 Å². The van der Waals surface area contributed by atoms with Crippen molar-refractivity contribution in [2.45, 2.75) is 45.6 Å². The van der Waals surface area contributed by atoms with Crippen LogP contribution in [0, 0.1) is 5.92 Å². The van der Waals surface area contributed by atoms with Crippen LogP contribution in [0.3, 0.4) is 0 Å². The lowest BCUT2D eigenvalue weighted by Gasteiger charge is -2.25. The first-order valence-corrected chi connectivity index (χ1v) is 11.7. The third kappa shape index (κ3) is 5.48. The van der Waals surface area contributed by atoms with E-state index in [1.54, 1.807) is 4.90 Å². The molecule has 5 nitrogen and oxygen atoms in total. The van der Waals surface area contributed by atoms with Crippen LogP contribution < -0.4 is 10.1 Å². The van der Waals surface area contributed by atoms with Gasteiger partial charge < -0.3 is 15.0 Å². The molecule has 176 valence electrons. The third-order valence-electron chi connectivity index (χ3n) is 6.36. The van der Waals surface area contributed by atoms with Crippen molar-refractivity contribution in [2.24, 2.45) is 5.92 Å². The molecule has 0 radical (unpaired) electrons. The maximum atomic E-state index is 12.8. The molecule has 3 aromatic rings. The Morgan fingerprint density at radius 1 is 0.941 bits per heavy atom.